The number of carbonyl (C=O) groups is 2. The van der Waals surface area contributed by atoms with E-state index in [0.29, 0.717) is 17.9 Å². The molecule has 8 nitrogen and oxygen atoms in total. The summed E-state index contributed by atoms with van der Waals surface area (Å²) in [5.74, 6) is 0.511. The maximum Gasteiger partial charge on any atom is 0.248 e. The van der Waals surface area contributed by atoms with Crippen LogP contribution < -0.4 is 14.8 Å². The number of amides is 2. The standard InChI is InChI=1S/C18H23N3O5S2/c1-18-8-7-16(22)21(18)14(10-27-18)17(23)19-13-9-12(5-6-15(13)26-2)28(24,25)20-11-3-4-11/h5-6,9,11,14,20H,3-4,7-8,10H2,1-2H3,(H,19,23). The van der Waals surface area contributed by atoms with Gasteiger partial charge in [-0.1, -0.05) is 0 Å². The summed E-state index contributed by atoms with van der Waals surface area (Å²) in [6.45, 7) is 1.98. The quantitative estimate of drug-likeness (QED) is 0.716. The van der Waals surface area contributed by atoms with E-state index < -0.39 is 16.1 Å². The van der Waals surface area contributed by atoms with Gasteiger partial charge in [0.25, 0.3) is 0 Å². The number of hydrogen-bond acceptors (Lipinski definition) is 6. The van der Waals surface area contributed by atoms with Crippen molar-refractivity contribution in [3.05, 3.63) is 18.2 Å². The second-order valence-corrected chi connectivity index (χ2v) is 10.7. The van der Waals surface area contributed by atoms with Gasteiger partial charge in [-0.05, 0) is 44.4 Å². The SMILES string of the molecule is COc1ccc(S(=O)(=O)NC2CC2)cc1NC(=O)C1CSC2(C)CCC(=O)N12. The number of nitrogens with one attached hydrogen (secondary N) is 2. The van der Waals surface area contributed by atoms with E-state index in [0.717, 1.165) is 19.3 Å². The molecule has 0 aromatic heterocycles. The van der Waals surface area contributed by atoms with Gasteiger partial charge in [0.05, 0.1) is 22.6 Å². The lowest BCUT2D eigenvalue weighted by atomic mass is 10.2. The summed E-state index contributed by atoms with van der Waals surface area (Å²) in [5.41, 5.74) is 0.274. The molecule has 1 aromatic carbocycles. The first-order valence-corrected chi connectivity index (χ1v) is 11.7. The minimum atomic E-state index is -3.66. The molecular formula is C18H23N3O5S2. The monoisotopic (exact) mass is 425 g/mol. The Balaban J connectivity index is 1.57. The number of sulfonamides is 1. The van der Waals surface area contributed by atoms with Gasteiger partial charge < -0.3 is 15.0 Å². The fraction of sp³-hybridized carbons (Fsp3) is 0.556. The molecule has 1 aromatic rings. The summed E-state index contributed by atoms with van der Waals surface area (Å²) in [7, 11) is -2.21. The third kappa shape index (κ3) is 3.48. The lowest BCUT2D eigenvalue weighted by molar-refractivity contribution is -0.135. The Labute approximate surface area is 168 Å². The van der Waals surface area contributed by atoms with Gasteiger partial charge in [-0.15, -0.1) is 11.8 Å². The van der Waals surface area contributed by atoms with E-state index in [1.807, 2.05) is 6.92 Å². The first kappa shape index (κ1) is 19.5. The lowest BCUT2D eigenvalue weighted by Crippen LogP contribution is -2.48. The van der Waals surface area contributed by atoms with Crippen molar-refractivity contribution in [1.82, 2.24) is 9.62 Å². The molecule has 2 N–H and O–H groups in total. The summed E-state index contributed by atoms with van der Waals surface area (Å²) in [4.78, 5) is 26.6. The fourth-order valence-electron chi connectivity index (χ4n) is 3.67. The highest BCUT2D eigenvalue weighted by Gasteiger charge is 2.53. The molecule has 10 heteroatoms. The Morgan fingerprint density at radius 2 is 2.11 bits per heavy atom. The molecule has 2 amide bonds. The molecule has 152 valence electrons. The predicted molar refractivity (Wildman–Crippen MR) is 106 cm³/mol. The number of methoxy groups -OCH3 is 1. The molecule has 3 aliphatic rings. The molecule has 3 fully saturated rings. The minimum Gasteiger partial charge on any atom is -0.495 e. The van der Waals surface area contributed by atoms with Gasteiger partial charge in [0.15, 0.2) is 0 Å². The van der Waals surface area contributed by atoms with Crippen LogP contribution in [0.25, 0.3) is 0 Å². The third-order valence-corrected chi connectivity index (χ3v) is 8.41. The summed E-state index contributed by atoms with van der Waals surface area (Å²) < 4.78 is 32.9. The molecule has 2 atom stereocenters. The molecule has 2 unspecified atom stereocenters. The minimum absolute atomic E-state index is 0.0143. The van der Waals surface area contributed by atoms with Crippen LogP contribution >= 0.6 is 11.8 Å². The highest BCUT2D eigenvalue weighted by molar-refractivity contribution is 8.01. The normalized spacial score (nSPS) is 27.0. The smallest absolute Gasteiger partial charge is 0.248 e. The van der Waals surface area contributed by atoms with Crippen LogP contribution in [0.3, 0.4) is 0 Å². The van der Waals surface area contributed by atoms with E-state index in [2.05, 4.69) is 10.0 Å². The Hall–Kier alpha value is -1.78. The van der Waals surface area contributed by atoms with Crippen LogP contribution in [0.4, 0.5) is 5.69 Å². The number of hydrogen-bond donors (Lipinski definition) is 2. The van der Waals surface area contributed by atoms with Crippen molar-refractivity contribution in [2.45, 2.75) is 54.5 Å². The van der Waals surface area contributed by atoms with Crippen LogP contribution in [0.2, 0.25) is 0 Å². The van der Waals surface area contributed by atoms with Crippen LogP contribution in [0.5, 0.6) is 5.75 Å². The second kappa shape index (κ2) is 6.93. The van der Waals surface area contributed by atoms with Crippen molar-refractivity contribution in [3.63, 3.8) is 0 Å². The van der Waals surface area contributed by atoms with E-state index in [9.17, 15) is 18.0 Å². The van der Waals surface area contributed by atoms with Crippen LogP contribution in [-0.2, 0) is 19.6 Å². The molecule has 2 aliphatic heterocycles. The zero-order valence-electron chi connectivity index (χ0n) is 15.7. The second-order valence-electron chi connectivity index (χ2n) is 7.51. The number of fused-ring (bicyclic) bond motifs is 1. The van der Waals surface area contributed by atoms with E-state index in [4.69, 9.17) is 4.74 Å². The van der Waals surface area contributed by atoms with Crippen molar-refractivity contribution >= 4 is 39.3 Å². The molecular weight excluding hydrogens is 402 g/mol. The Kier molecular flexibility index (Phi) is 4.83. The van der Waals surface area contributed by atoms with Crippen LogP contribution in [0.1, 0.15) is 32.6 Å². The number of rotatable bonds is 6. The lowest BCUT2D eigenvalue weighted by Gasteiger charge is -2.30. The highest BCUT2D eigenvalue weighted by atomic mass is 32.2. The van der Waals surface area contributed by atoms with Gasteiger partial charge in [0.1, 0.15) is 11.8 Å². The van der Waals surface area contributed by atoms with Crippen molar-refractivity contribution in [2.75, 3.05) is 18.2 Å². The summed E-state index contributed by atoms with van der Waals surface area (Å²) in [5, 5.41) is 2.77. The Bertz CT molecular complexity index is 931. The number of anilines is 1. The average Bonchev–Trinajstić information content (AvgIpc) is 3.30. The van der Waals surface area contributed by atoms with Gasteiger partial charge in [0, 0.05) is 18.2 Å². The first-order valence-electron chi connectivity index (χ1n) is 9.21. The van der Waals surface area contributed by atoms with E-state index in [1.54, 1.807) is 16.7 Å². The van der Waals surface area contributed by atoms with E-state index in [1.165, 1.54) is 25.3 Å². The summed E-state index contributed by atoms with van der Waals surface area (Å²) in [6, 6.07) is 3.77. The van der Waals surface area contributed by atoms with Gasteiger partial charge in [-0.3, -0.25) is 9.59 Å². The van der Waals surface area contributed by atoms with Crippen LogP contribution in [0.15, 0.2) is 23.1 Å². The molecule has 2 heterocycles. The van der Waals surface area contributed by atoms with Crippen molar-refractivity contribution in [3.8, 4) is 5.75 Å². The Morgan fingerprint density at radius 1 is 1.36 bits per heavy atom. The van der Waals surface area contributed by atoms with Crippen molar-refractivity contribution < 1.29 is 22.7 Å². The molecule has 2 saturated heterocycles. The fourth-order valence-corrected chi connectivity index (χ4v) is 6.43. The number of benzene rings is 1. The van der Waals surface area contributed by atoms with Crippen molar-refractivity contribution in [2.24, 2.45) is 0 Å². The number of carbonyl (C=O) groups excluding carboxylic acids is 2. The maximum atomic E-state index is 12.9. The molecule has 0 bridgehead atoms. The molecule has 0 spiro atoms. The average molecular weight is 426 g/mol. The molecule has 4 rings (SSSR count). The van der Waals surface area contributed by atoms with E-state index in [-0.39, 0.29) is 33.3 Å². The number of nitrogens with zero attached hydrogens (tertiary/aromatic N) is 1. The zero-order valence-corrected chi connectivity index (χ0v) is 17.4. The largest absolute Gasteiger partial charge is 0.495 e. The molecule has 1 aliphatic carbocycles. The molecule has 0 radical (unpaired) electrons. The highest BCUT2D eigenvalue weighted by Crippen LogP contribution is 2.47. The summed E-state index contributed by atoms with van der Waals surface area (Å²) in [6.07, 6.45) is 2.84. The van der Waals surface area contributed by atoms with Gasteiger partial charge in [-0.2, -0.15) is 0 Å². The first-order chi connectivity index (χ1) is 13.2. The topological polar surface area (TPSA) is 105 Å². The molecule has 1 saturated carbocycles. The molecule has 28 heavy (non-hydrogen) atoms. The van der Waals surface area contributed by atoms with Gasteiger partial charge >= 0.3 is 0 Å². The van der Waals surface area contributed by atoms with Crippen LogP contribution in [-0.4, -0.2) is 54.9 Å². The number of ether oxygens (including phenoxy) is 1. The zero-order chi connectivity index (χ0) is 20.1. The summed E-state index contributed by atoms with van der Waals surface area (Å²) >= 11 is 1.60. The van der Waals surface area contributed by atoms with Crippen molar-refractivity contribution in [1.29, 1.82) is 0 Å². The van der Waals surface area contributed by atoms with E-state index >= 15 is 0 Å². The Morgan fingerprint density at radius 3 is 2.79 bits per heavy atom. The van der Waals surface area contributed by atoms with Crippen LogP contribution in [0, 0.1) is 0 Å². The maximum absolute atomic E-state index is 12.9. The number of thioether (sulfide) groups is 1. The predicted octanol–water partition coefficient (Wildman–Crippen LogP) is 1.53. The van der Waals surface area contributed by atoms with Gasteiger partial charge in [0.2, 0.25) is 21.8 Å². The third-order valence-electron chi connectivity index (χ3n) is 5.39. The van der Waals surface area contributed by atoms with Gasteiger partial charge in [-0.25, -0.2) is 13.1 Å².